The molecular weight excluding hydrogens is 262 g/mol. The molecule has 2 unspecified atom stereocenters. The van der Waals surface area contributed by atoms with Crippen LogP contribution < -0.4 is 5.73 Å². The average molecular weight is 281 g/mol. The number of rotatable bonds is 6. The normalized spacial score (nSPS) is 14.9. The van der Waals surface area contributed by atoms with Crippen LogP contribution in [0.25, 0.3) is 0 Å². The quantitative estimate of drug-likeness (QED) is 0.884. The van der Waals surface area contributed by atoms with E-state index in [1.807, 2.05) is 5.51 Å². The first-order valence-corrected chi connectivity index (χ1v) is 7.91. The average Bonchev–Trinajstić information content (AvgIpc) is 3.02. The van der Waals surface area contributed by atoms with Crippen molar-refractivity contribution >= 4 is 22.7 Å². The Morgan fingerprint density at radius 2 is 2.33 bits per heavy atom. The van der Waals surface area contributed by atoms with Crippen molar-refractivity contribution in [1.29, 1.82) is 0 Å². The van der Waals surface area contributed by atoms with E-state index in [9.17, 15) is 0 Å². The van der Waals surface area contributed by atoms with Crippen molar-refractivity contribution in [2.75, 3.05) is 7.05 Å². The first-order valence-electron chi connectivity index (χ1n) is 6.08. The fraction of sp³-hybridized carbons (Fsp3) is 0.462. The number of likely N-dealkylation sites (N-methyl/N-ethyl adjacent to an activating group) is 1. The second-order valence-electron chi connectivity index (χ2n) is 4.43. The molecule has 3 nitrogen and oxygen atoms in total. The minimum absolute atomic E-state index is 0.160. The Morgan fingerprint density at radius 1 is 1.50 bits per heavy atom. The van der Waals surface area contributed by atoms with Crippen molar-refractivity contribution in [3.63, 3.8) is 0 Å². The zero-order valence-corrected chi connectivity index (χ0v) is 12.4. The summed E-state index contributed by atoms with van der Waals surface area (Å²) in [7, 11) is 2.12. The Morgan fingerprint density at radius 3 is 2.89 bits per heavy atom. The molecule has 2 atom stereocenters. The van der Waals surface area contributed by atoms with Crippen molar-refractivity contribution in [3.8, 4) is 0 Å². The Labute approximate surface area is 116 Å². The third-order valence-electron chi connectivity index (χ3n) is 3.08. The molecule has 98 valence electrons. The highest BCUT2D eigenvalue weighted by Gasteiger charge is 2.24. The van der Waals surface area contributed by atoms with Crippen molar-refractivity contribution in [3.05, 3.63) is 39.0 Å². The maximum atomic E-state index is 6.29. The molecule has 2 aromatic rings. The standard InChI is InChI=1S/C13H19N3S2/c1-3-11(14)13(12-5-4-6-18-12)16(2)7-10-8-17-9-15-10/h4-6,8-9,11,13H,3,7,14H2,1-2H3. The highest BCUT2D eigenvalue weighted by molar-refractivity contribution is 7.10. The molecule has 5 heteroatoms. The lowest BCUT2D eigenvalue weighted by Gasteiger charge is -2.31. The van der Waals surface area contributed by atoms with E-state index in [1.54, 1.807) is 22.7 Å². The molecule has 2 rings (SSSR count). The molecule has 0 saturated carbocycles. The Bertz CT molecular complexity index is 439. The number of thiophene rings is 1. The van der Waals surface area contributed by atoms with E-state index in [0.29, 0.717) is 0 Å². The van der Waals surface area contributed by atoms with Crippen molar-refractivity contribution in [2.24, 2.45) is 5.73 Å². The Kier molecular flexibility index (Phi) is 4.88. The van der Waals surface area contributed by atoms with E-state index in [-0.39, 0.29) is 12.1 Å². The monoisotopic (exact) mass is 281 g/mol. The lowest BCUT2D eigenvalue weighted by Crippen LogP contribution is -2.38. The molecule has 0 aromatic carbocycles. The van der Waals surface area contributed by atoms with Crippen LogP contribution in [0, 0.1) is 0 Å². The van der Waals surface area contributed by atoms with Crippen LogP contribution in [0.5, 0.6) is 0 Å². The SMILES string of the molecule is CCC(N)C(c1cccs1)N(C)Cc1cscn1. The van der Waals surface area contributed by atoms with E-state index in [2.05, 4.69) is 46.7 Å². The number of nitrogens with two attached hydrogens (primary N) is 1. The molecule has 0 aliphatic carbocycles. The zero-order valence-electron chi connectivity index (χ0n) is 10.7. The smallest absolute Gasteiger partial charge is 0.0795 e. The van der Waals surface area contributed by atoms with Gasteiger partial charge in [0.1, 0.15) is 0 Å². The predicted octanol–water partition coefficient (Wildman–Crippen LogP) is 3.12. The van der Waals surface area contributed by atoms with Gasteiger partial charge in [-0.2, -0.15) is 0 Å². The molecule has 0 fully saturated rings. The van der Waals surface area contributed by atoms with Crippen LogP contribution >= 0.6 is 22.7 Å². The summed E-state index contributed by atoms with van der Waals surface area (Å²) < 4.78 is 0. The van der Waals surface area contributed by atoms with Gasteiger partial charge in [-0.05, 0) is 24.9 Å². The van der Waals surface area contributed by atoms with E-state index >= 15 is 0 Å². The molecule has 0 bridgehead atoms. The molecule has 2 N–H and O–H groups in total. The van der Waals surface area contributed by atoms with E-state index < -0.39 is 0 Å². The lowest BCUT2D eigenvalue weighted by molar-refractivity contribution is 0.203. The summed E-state index contributed by atoms with van der Waals surface area (Å²) >= 11 is 3.41. The van der Waals surface area contributed by atoms with E-state index in [1.165, 1.54) is 4.88 Å². The van der Waals surface area contributed by atoms with Gasteiger partial charge < -0.3 is 5.73 Å². The van der Waals surface area contributed by atoms with Crippen LogP contribution in [0.3, 0.4) is 0 Å². The zero-order chi connectivity index (χ0) is 13.0. The third-order valence-corrected chi connectivity index (χ3v) is 4.66. The topological polar surface area (TPSA) is 42.1 Å². The van der Waals surface area contributed by atoms with Crippen molar-refractivity contribution in [2.45, 2.75) is 32.0 Å². The highest BCUT2D eigenvalue weighted by atomic mass is 32.1. The fourth-order valence-corrected chi connectivity index (χ4v) is 3.62. The van der Waals surface area contributed by atoms with Gasteiger partial charge in [0.25, 0.3) is 0 Å². The minimum Gasteiger partial charge on any atom is -0.326 e. The van der Waals surface area contributed by atoms with Gasteiger partial charge in [-0.1, -0.05) is 13.0 Å². The van der Waals surface area contributed by atoms with Gasteiger partial charge >= 0.3 is 0 Å². The van der Waals surface area contributed by atoms with Gasteiger partial charge in [0.05, 0.1) is 17.2 Å². The minimum atomic E-state index is 0.160. The number of hydrogen-bond acceptors (Lipinski definition) is 5. The van der Waals surface area contributed by atoms with Crippen LogP contribution in [0.1, 0.15) is 30.0 Å². The highest BCUT2D eigenvalue weighted by Crippen LogP contribution is 2.28. The molecule has 0 saturated heterocycles. The third kappa shape index (κ3) is 3.17. The molecule has 2 heterocycles. The van der Waals surface area contributed by atoms with Gasteiger partial charge in [-0.15, -0.1) is 22.7 Å². The summed E-state index contributed by atoms with van der Waals surface area (Å²) in [4.78, 5) is 7.98. The number of hydrogen-bond donors (Lipinski definition) is 1. The van der Waals surface area contributed by atoms with Gasteiger partial charge in [-0.25, -0.2) is 4.98 Å². The van der Waals surface area contributed by atoms with Gasteiger partial charge in [0.15, 0.2) is 0 Å². The largest absolute Gasteiger partial charge is 0.326 e. The number of aromatic nitrogens is 1. The Balaban J connectivity index is 2.13. The van der Waals surface area contributed by atoms with Crippen molar-refractivity contribution in [1.82, 2.24) is 9.88 Å². The maximum absolute atomic E-state index is 6.29. The molecule has 0 radical (unpaired) electrons. The molecule has 0 aliphatic rings. The molecule has 0 aliphatic heterocycles. The summed E-state index contributed by atoms with van der Waals surface area (Å²) in [6.45, 7) is 2.99. The Hall–Kier alpha value is -0.750. The van der Waals surface area contributed by atoms with Crippen LogP contribution in [0.4, 0.5) is 0 Å². The first kappa shape index (κ1) is 13.7. The van der Waals surface area contributed by atoms with Crippen molar-refractivity contribution < 1.29 is 0 Å². The van der Waals surface area contributed by atoms with Crippen LogP contribution in [0.15, 0.2) is 28.4 Å². The maximum Gasteiger partial charge on any atom is 0.0795 e. The summed E-state index contributed by atoms with van der Waals surface area (Å²) in [6.07, 6.45) is 0.976. The lowest BCUT2D eigenvalue weighted by atomic mass is 10.0. The number of thiazole rings is 1. The first-order chi connectivity index (χ1) is 8.72. The molecule has 2 aromatic heterocycles. The molecule has 18 heavy (non-hydrogen) atoms. The molecular formula is C13H19N3S2. The van der Waals surface area contributed by atoms with Gasteiger partial charge in [0.2, 0.25) is 0 Å². The van der Waals surface area contributed by atoms with Crippen LogP contribution in [0.2, 0.25) is 0 Å². The second kappa shape index (κ2) is 6.43. The van der Waals surface area contributed by atoms with Crippen LogP contribution in [-0.4, -0.2) is 23.0 Å². The predicted molar refractivity (Wildman–Crippen MR) is 78.9 cm³/mol. The second-order valence-corrected chi connectivity index (χ2v) is 6.13. The number of nitrogens with zero attached hydrogens (tertiary/aromatic N) is 2. The van der Waals surface area contributed by atoms with Gasteiger partial charge in [-0.3, -0.25) is 4.90 Å². The molecule has 0 spiro atoms. The molecule has 0 amide bonds. The summed E-state index contributed by atoms with van der Waals surface area (Å²) in [5, 5.41) is 4.21. The summed E-state index contributed by atoms with van der Waals surface area (Å²) in [6, 6.07) is 4.69. The fourth-order valence-electron chi connectivity index (χ4n) is 2.11. The van der Waals surface area contributed by atoms with Gasteiger partial charge in [0, 0.05) is 22.8 Å². The van der Waals surface area contributed by atoms with E-state index in [4.69, 9.17) is 5.73 Å². The summed E-state index contributed by atoms with van der Waals surface area (Å²) in [5.41, 5.74) is 9.28. The van der Waals surface area contributed by atoms with Crippen LogP contribution in [-0.2, 0) is 6.54 Å². The summed E-state index contributed by atoms with van der Waals surface area (Å²) in [5.74, 6) is 0. The van der Waals surface area contributed by atoms with E-state index in [0.717, 1.165) is 18.7 Å².